The molecule has 0 fully saturated rings. The summed E-state index contributed by atoms with van der Waals surface area (Å²) in [6.07, 6.45) is 0.310. The van der Waals surface area contributed by atoms with Gasteiger partial charge in [-0.1, -0.05) is 5.16 Å². The molecule has 1 atom stereocenters. The van der Waals surface area contributed by atoms with Crippen LogP contribution in [0.25, 0.3) is 11.4 Å². The van der Waals surface area contributed by atoms with Crippen molar-refractivity contribution in [2.24, 2.45) is 5.92 Å². The molecule has 2 aromatic rings. The Hall–Kier alpha value is -1.81. The van der Waals surface area contributed by atoms with Crippen molar-refractivity contribution in [2.75, 3.05) is 0 Å². The summed E-state index contributed by atoms with van der Waals surface area (Å²) in [5.41, 5.74) is 0.290. The quantitative estimate of drug-likeness (QED) is 0.809. The standard InChI is InChI=1S/C12H8BrF2N3O/c1-6(5-16)4-9-17-12(18-19-9)7-2-3-8(14)11(15)10(7)13/h2-3,6H,4H2,1H3. The molecule has 0 amide bonds. The molecule has 0 saturated carbocycles. The molecule has 1 aromatic carbocycles. The van der Waals surface area contributed by atoms with Crippen molar-refractivity contribution in [3.63, 3.8) is 0 Å². The first-order valence-corrected chi connectivity index (χ1v) is 6.18. The third kappa shape index (κ3) is 2.79. The maximum Gasteiger partial charge on any atom is 0.228 e. The average Bonchev–Trinajstić information content (AvgIpc) is 2.84. The molecule has 0 N–H and O–H groups in total. The van der Waals surface area contributed by atoms with Gasteiger partial charge in [0.05, 0.1) is 16.5 Å². The van der Waals surface area contributed by atoms with Gasteiger partial charge in [0.15, 0.2) is 11.6 Å². The number of hydrogen-bond donors (Lipinski definition) is 0. The zero-order chi connectivity index (χ0) is 14.0. The van der Waals surface area contributed by atoms with E-state index in [-0.39, 0.29) is 22.1 Å². The van der Waals surface area contributed by atoms with E-state index in [1.807, 2.05) is 6.07 Å². The van der Waals surface area contributed by atoms with Gasteiger partial charge in [-0.05, 0) is 35.0 Å². The van der Waals surface area contributed by atoms with E-state index in [4.69, 9.17) is 9.78 Å². The van der Waals surface area contributed by atoms with Crippen molar-refractivity contribution in [2.45, 2.75) is 13.3 Å². The van der Waals surface area contributed by atoms with E-state index >= 15 is 0 Å². The second kappa shape index (κ2) is 5.45. The van der Waals surface area contributed by atoms with Crippen molar-refractivity contribution in [3.05, 3.63) is 34.1 Å². The van der Waals surface area contributed by atoms with E-state index in [1.165, 1.54) is 6.07 Å². The highest BCUT2D eigenvalue weighted by molar-refractivity contribution is 9.10. The fourth-order valence-corrected chi connectivity index (χ4v) is 1.95. The maximum absolute atomic E-state index is 13.4. The molecular formula is C12H8BrF2N3O. The summed E-state index contributed by atoms with van der Waals surface area (Å²) in [6, 6.07) is 4.39. The zero-order valence-electron chi connectivity index (χ0n) is 9.82. The van der Waals surface area contributed by atoms with Crippen LogP contribution in [-0.4, -0.2) is 10.1 Å². The van der Waals surface area contributed by atoms with Gasteiger partial charge < -0.3 is 4.52 Å². The summed E-state index contributed by atoms with van der Waals surface area (Å²) in [5.74, 6) is -1.81. The van der Waals surface area contributed by atoms with Gasteiger partial charge >= 0.3 is 0 Å². The molecule has 0 spiro atoms. The molecule has 7 heteroatoms. The third-order valence-corrected chi connectivity index (χ3v) is 3.22. The van der Waals surface area contributed by atoms with Crippen LogP contribution in [0.15, 0.2) is 21.1 Å². The highest BCUT2D eigenvalue weighted by atomic mass is 79.9. The molecule has 1 aromatic heterocycles. The Morgan fingerprint density at radius 3 is 2.89 bits per heavy atom. The fourth-order valence-electron chi connectivity index (χ4n) is 1.45. The van der Waals surface area contributed by atoms with Crippen LogP contribution in [0.5, 0.6) is 0 Å². The van der Waals surface area contributed by atoms with E-state index in [0.717, 1.165) is 6.07 Å². The summed E-state index contributed by atoms with van der Waals surface area (Å²) in [7, 11) is 0. The van der Waals surface area contributed by atoms with Gasteiger partial charge in [-0.2, -0.15) is 10.2 Å². The Balaban J connectivity index is 2.34. The normalized spacial score (nSPS) is 12.2. The van der Waals surface area contributed by atoms with Gasteiger partial charge in [0.25, 0.3) is 0 Å². The highest BCUT2D eigenvalue weighted by Crippen LogP contribution is 2.30. The van der Waals surface area contributed by atoms with E-state index in [0.29, 0.717) is 12.0 Å². The van der Waals surface area contributed by atoms with E-state index in [1.54, 1.807) is 6.92 Å². The summed E-state index contributed by atoms with van der Waals surface area (Å²) in [4.78, 5) is 4.05. The van der Waals surface area contributed by atoms with Crippen molar-refractivity contribution < 1.29 is 13.3 Å². The first kappa shape index (κ1) is 13.6. The first-order valence-electron chi connectivity index (χ1n) is 5.39. The summed E-state index contributed by atoms with van der Waals surface area (Å²) in [6.45, 7) is 1.72. The number of nitriles is 1. The predicted molar refractivity (Wildman–Crippen MR) is 65.8 cm³/mol. The topological polar surface area (TPSA) is 62.7 Å². The fraction of sp³-hybridized carbons (Fsp3) is 0.250. The van der Waals surface area contributed by atoms with Gasteiger partial charge in [-0.3, -0.25) is 0 Å². The third-order valence-electron chi connectivity index (χ3n) is 2.45. The lowest BCUT2D eigenvalue weighted by Crippen LogP contribution is -1.96. The van der Waals surface area contributed by atoms with Gasteiger partial charge in [-0.25, -0.2) is 8.78 Å². The molecular weight excluding hydrogens is 320 g/mol. The van der Waals surface area contributed by atoms with E-state index < -0.39 is 11.6 Å². The first-order chi connectivity index (χ1) is 9.02. The molecule has 0 aliphatic rings. The molecule has 2 rings (SSSR count). The van der Waals surface area contributed by atoms with Crippen LogP contribution in [-0.2, 0) is 6.42 Å². The van der Waals surface area contributed by atoms with Gasteiger partial charge in [0, 0.05) is 12.0 Å². The average molecular weight is 328 g/mol. The lowest BCUT2D eigenvalue weighted by atomic mass is 10.1. The summed E-state index contributed by atoms with van der Waals surface area (Å²) < 4.78 is 31.3. The van der Waals surface area contributed by atoms with Crippen LogP contribution in [0.4, 0.5) is 8.78 Å². The van der Waals surface area contributed by atoms with Crippen LogP contribution < -0.4 is 0 Å². The minimum atomic E-state index is -1.01. The number of rotatable bonds is 3. The number of halogens is 3. The van der Waals surface area contributed by atoms with Crippen LogP contribution in [0.1, 0.15) is 12.8 Å². The molecule has 1 heterocycles. The molecule has 0 aliphatic heterocycles. The van der Waals surface area contributed by atoms with Crippen molar-refractivity contribution >= 4 is 15.9 Å². The van der Waals surface area contributed by atoms with Crippen molar-refractivity contribution in [1.29, 1.82) is 5.26 Å². The van der Waals surface area contributed by atoms with E-state index in [2.05, 4.69) is 26.1 Å². The summed E-state index contributed by atoms with van der Waals surface area (Å²) >= 11 is 2.95. The number of hydrogen-bond acceptors (Lipinski definition) is 4. The zero-order valence-corrected chi connectivity index (χ0v) is 11.4. The highest BCUT2D eigenvalue weighted by Gasteiger charge is 2.17. The minimum absolute atomic E-state index is 0.0619. The minimum Gasteiger partial charge on any atom is -0.339 e. The number of benzene rings is 1. The molecule has 0 saturated heterocycles. The Kier molecular flexibility index (Phi) is 3.90. The van der Waals surface area contributed by atoms with Crippen LogP contribution >= 0.6 is 15.9 Å². The molecule has 4 nitrogen and oxygen atoms in total. The van der Waals surface area contributed by atoms with Gasteiger partial charge in [-0.15, -0.1) is 0 Å². The smallest absolute Gasteiger partial charge is 0.228 e. The molecule has 98 valence electrons. The Bertz CT molecular complexity index is 651. The molecule has 1 unspecified atom stereocenters. The lowest BCUT2D eigenvalue weighted by molar-refractivity contribution is 0.369. The SMILES string of the molecule is CC(C#N)Cc1nc(-c2ccc(F)c(F)c2Br)no1. The largest absolute Gasteiger partial charge is 0.339 e. The molecule has 0 aliphatic carbocycles. The lowest BCUT2D eigenvalue weighted by Gasteiger charge is -2.01. The molecule has 0 radical (unpaired) electrons. The summed E-state index contributed by atoms with van der Waals surface area (Å²) in [5, 5.41) is 12.4. The maximum atomic E-state index is 13.4. The molecule has 0 bridgehead atoms. The predicted octanol–water partition coefficient (Wildman–Crippen LogP) is 3.48. The van der Waals surface area contributed by atoms with Crippen LogP contribution in [0.3, 0.4) is 0 Å². The Labute approximate surface area is 116 Å². The van der Waals surface area contributed by atoms with Crippen molar-refractivity contribution in [1.82, 2.24) is 10.1 Å². The number of nitrogens with zero attached hydrogens (tertiary/aromatic N) is 3. The van der Waals surface area contributed by atoms with Crippen LogP contribution in [0, 0.1) is 28.9 Å². The monoisotopic (exact) mass is 327 g/mol. The Morgan fingerprint density at radius 2 is 2.21 bits per heavy atom. The second-order valence-corrected chi connectivity index (χ2v) is 4.76. The van der Waals surface area contributed by atoms with Crippen molar-refractivity contribution in [3.8, 4) is 17.5 Å². The second-order valence-electron chi connectivity index (χ2n) is 3.97. The number of aromatic nitrogens is 2. The van der Waals surface area contributed by atoms with Crippen LogP contribution in [0.2, 0.25) is 0 Å². The van der Waals surface area contributed by atoms with Gasteiger partial charge in [0.2, 0.25) is 11.7 Å². The van der Waals surface area contributed by atoms with Gasteiger partial charge in [0.1, 0.15) is 0 Å². The van der Waals surface area contributed by atoms with E-state index in [9.17, 15) is 8.78 Å². The Morgan fingerprint density at radius 1 is 1.47 bits per heavy atom. The molecule has 19 heavy (non-hydrogen) atoms.